The highest BCUT2D eigenvalue weighted by Gasteiger charge is 2.19. The first-order chi connectivity index (χ1) is 8.87. The van der Waals surface area contributed by atoms with E-state index in [1.165, 1.54) is 6.07 Å². The Labute approximate surface area is 110 Å². The molecule has 0 aliphatic carbocycles. The number of aromatic carboxylic acids is 1. The van der Waals surface area contributed by atoms with E-state index in [0.29, 0.717) is 12.2 Å². The average molecular weight is 261 g/mol. The summed E-state index contributed by atoms with van der Waals surface area (Å²) in [5, 5.41) is 22.2. The monoisotopic (exact) mass is 261 g/mol. The summed E-state index contributed by atoms with van der Waals surface area (Å²) in [4.78, 5) is 10.8. The van der Waals surface area contributed by atoms with Crippen LogP contribution in [0.5, 0.6) is 0 Å². The molecule has 5 nitrogen and oxygen atoms in total. The average Bonchev–Trinajstić information content (AvgIpc) is 2.76. The molecule has 2 N–H and O–H groups in total. The fourth-order valence-electron chi connectivity index (χ4n) is 1.88. The lowest BCUT2D eigenvalue weighted by Crippen LogP contribution is -2.22. The number of aliphatic hydroxyl groups is 1. The second kappa shape index (κ2) is 4.85. The van der Waals surface area contributed by atoms with Crippen molar-refractivity contribution in [2.75, 3.05) is 0 Å². The van der Waals surface area contributed by atoms with Crippen molar-refractivity contribution in [1.29, 1.82) is 0 Å². The van der Waals surface area contributed by atoms with Crippen LogP contribution in [-0.4, -0.2) is 26.9 Å². The number of benzene rings is 1. The number of rotatable bonds is 4. The molecule has 0 unspecified atom stereocenters. The summed E-state index contributed by atoms with van der Waals surface area (Å²) >= 11 is 0. The molecule has 1 aromatic carbocycles. The van der Waals surface area contributed by atoms with E-state index < -0.39 is 11.6 Å². The molecule has 5 heteroatoms. The molecule has 0 bridgehead atoms. The van der Waals surface area contributed by atoms with E-state index in [0.717, 1.165) is 11.1 Å². The molecule has 0 fully saturated rings. The van der Waals surface area contributed by atoms with E-state index in [2.05, 4.69) is 5.16 Å². The number of carboxylic acids is 1. The zero-order valence-electron chi connectivity index (χ0n) is 10.8. The van der Waals surface area contributed by atoms with Gasteiger partial charge in [-0.2, -0.15) is 0 Å². The van der Waals surface area contributed by atoms with Gasteiger partial charge in [-0.05, 0) is 19.4 Å². The highest BCUT2D eigenvalue weighted by atomic mass is 16.5. The summed E-state index contributed by atoms with van der Waals surface area (Å²) in [6.07, 6.45) is 0.437. The van der Waals surface area contributed by atoms with Gasteiger partial charge in [-0.15, -0.1) is 0 Å². The third-order valence-electron chi connectivity index (χ3n) is 2.64. The van der Waals surface area contributed by atoms with Crippen molar-refractivity contribution < 1.29 is 19.5 Å². The zero-order chi connectivity index (χ0) is 14.0. The van der Waals surface area contributed by atoms with Crippen molar-refractivity contribution in [2.45, 2.75) is 25.9 Å². The van der Waals surface area contributed by atoms with Gasteiger partial charge in [0.2, 0.25) is 0 Å². The number of carbonyl (C=O) groups is 1. The van der Waals surface area contributed by atoms with Gasteiger partial charge in [-0.3, -0.25) is 0 Å². The largest absolute Gasteiger partial charge is 0.476 e. The molecule has 19 heavy (non-hydrogen) atoms. The Bertz CT molecular complexity index is 595. The number of hydrogen-bond donors (Lipinski definition) is 2. The van der Waals surface area contributed by atoms with Crippen LogP contribution in [0.1, 0.15) is 29.9 Å². The van der Waals surface area contributed by atoms with Gasteiger partial charge in [-0.25, -0.2) is 4.79 Å². The molecular formula is C14H15NO4. The maximum Gasteiger partial charge on any atom is 0.358 e. The summed E-state index contributed by atoms with van der Waals surface area (Å²) in [6, 6.07) is 8.75. The molecule has 0 radical (unpaired) electrons. The first kappa shape index (κ1) is 13.3. The molecular weight excluding hydrogens is 246 g/mol. The molecule has 2 aromatic rings. The van der Waals surface area contributed by atoms with Gasteiger partial charge in [-0.1, -0.05) is 29.4 Å². The summed E-state index contributed by atoms with van der Waals surface area (Å²) in [5.41, 5.74) is 0.631. The van der Waals surface area contributed by atoms with Crippen LogP contribution in [0.3, 0.4) is 0 Å². The normalized spacial score (nSPS) is 11.5. The van der Waals surface area contributed by atoms with E-state index >= 15 is 0 Å². The van der Waals surface area contributed by atoms with Crippen molar-refractivity contribution in [3.05, 3.63) is 41.6 Å². The lowest BCUT2D eigenvalue weighted by Gasteiger charge is -2.18. The fraction of sp³-hybridized carbons (Fsp3) is 0.286. The predicted molar refractivity (Wildman–Crippen MR) is 68.9 cm³/mol. The fourth-order valence-corrected chi connectivity index (χ4v) is 1.88. The summed E-state index contributed by atoms with van der Waals surface area (Å²) in [6.45, 7) is 3.43. The Morgan fingerprint density at radius 1 is 1.37 bits per heavy atom. The van der Waals surface area contributed by atoms with Crippen LogP contribution < -0.4 is 0 Å². The summed E-state index contributed by atoms with van der Waals surface area (Å²) in [5.74, 6) is -0.743. The van der Waals surface area contributed by atoms with Crippen LogP contribution >= 0.6 is 0 Å². The van der Waals surface area contributed by atoms with Crippen LogP contribution in [0.4, 0.5) is 0 Å². The third kappa shape index (κ3) is 3.20. The maximum absolute atomic E-state index is 10.8. The van der Waals surface area contributed by atoms with Crippen LogP contribution in [0.25, 0.3) is 11.3 Å². The molecule has 1 aromatic heterocycles. The van der Waals surface area contributed by atoms with Gasteiger partial charge < -0.3 is 14.7 Å². The lowest BCUT2D eigenvalue weighted by molar-refractivity contribution is 0.0685. The number of aromatic nitrogens is 1. The molecule has 0 atom stereocenters. The first-order valence-electron chi connectivity index (χ1n) is 5.87. The Kier molecular flexibility index (Phi) is 3.40. The van der Waals surface area contributed by atoms with E-state index in [1.54, 1.807) is 13.8 Å². The zero-order valence-corrected chi connectivity index (χ0v) is 10.8. The molecule has 0 saturated carbocycles. The number of nitrogens with zero attached hydrogens (tertiary/aromatic N) is 1. The van der Waals surface area contributed by atoms with Crippen LogP contribution in [0.15, 0.2) is 34.9 Å². The standard InChI is InChI=1S/C14H15NO4/c1-14(2,18)8-9-5-3-4-6-10(9)12-7-11(13(16)17)15-19-12/h3-7,18H,8H2,1-2H3,(H,16,17). The molecule has 0 aliphatic heterocycles. The van der Waals surface area contributed by atoms with Gasteiger partial charge in [0.25, 0.3) is 0 Å². The summed E-state index contributed by atoms with van der Waals surface area (Å²) < 4.78 is 5.05. The SMILES string of the molecule is CC(C)(O)Cc1ccccc1-c1cc(C(=O)O)no1. The minimum Gasteiger partial charge on any atom is -0.476 e. The van der Waals surface area contributed by atoms with Crippen molar-refractivity contribution in [2.24, 2.45) is 0 Å². The van der Waals surface area contributed by atoms with Crippen LogP contribution in [0.2, 0.25) is 0 Å². The molecule has 1 heterocycles. The van der Waals surface area contributed by atoms with Crippen molar-refractivity contribution >= 4 is 5.97 Å². The van der Waals surface area contributed by atoms with E-state index in [4.69, 9.17) is 9.63 Å². The molecule has 100 valence electrons. The molecule has 2 rings (SSSR count). The van der Waals surface area contributed by atoms with Crippen molar-refractivity contribution in [3.8, 4) is 11.3 Å². The first-order valence-corrected chi connectivity index (χ1v) is 5.87. The van der Waals surface area contributed by atoms with Crippen LogP contribution in [0, 0.1) is 0 Å². The van der Waals surface area contributed by atoms with Gasteiger partial charge in [0.15, 0.2) is 11.5 Å². The second-order valence-corrected chi connectivity index (χ2v) is 5.03. The van der Waals surface area contributed by atoms with Crippen LogP contribution in [-0.2, 0) is 6.42 Å². The Morgan fingerprint density at radius 3 is 2.63 bits per heavy atom. The third-order valence-corrected chi connectivity index (χ3v) is 2.64. The van der Waals surface area contributed by atoms with E-state index in [9.17, 15) is 9.90 Å². The second-order valence-electron chi connectivity index (χ2n) is 5.03. The molecule has 0 spiro atoms. The van der Waals surface area contributed by atoms with E-state index in [-0.39, 0.29) is 5.69 Å². The van der Waals surface area contributed by atoms with Gasteiger partial charge in [0.05, 0.1) is 5.60 Å². The van der Waals surface area contributed by atoms with Gasteiger partial charge in [0, 0.05) is 18.1 Å². The highest BCUT2D eigenvalue weighted by Crippen LogP contribution is 2.27. The highest BCUT2D eigenvalue weighted by molar-refractivity contribution is 5.86. The smallest absolute Gasteiger partial charge is 0.358 e. The molecule has 0 saturated heterocycles. The maximum atomic E-state index is 10.8. The van der Waals surface area contributed by atoms with Crippen molar-refractivity contribution in [3.63, 3.8) is 0 Å². The molecule has 0 aliphatic rings. The predicted octanol–water partition coefficient (Wildman–Crippen LogP) is 2.35. The quantitative estimate of drug-likeness (QED) is 0.882. The minimum absolute atomic E-state index is 0.131. The van der Waals surface area contributed by atoms with Crippen molar-refractivity contribution in [1.82, 2.24) is 5.16 Å². The Hall–Kier alpha value is -2.14. The van der Waals surface area contributed by atoms with Gasteiger partial charge in [0.1, 0.15) is 0 Å². The van der Waals surface area contributed by atoms with Gasteiger partial charge >= 0.3 is 5.97 Å². The molecule has 0 amide bonds. The number of hydrogen-bond acceptors (Lipinski definition) is 4. The summed E-state index contributed by atoms with van der Waals surface area (Å²) in [7, 11) is 0. The minimum atomic E-state index is -1.13. The number of carboxylic acid groups (broad SMARTS) is 1. The lowest BCUT2D eigenvalue weighted by atomic mass is 9.94. The topological polar surface area (TPSA) is 83.6 Å². The Morgan fingerprint density at radius 2 is 2.05 bits per heavy atom. The Balaban J connectivity index is 2.41. The van der Waals surface area contributed by atoms with E-state index in [1.807, 2.05) is 24.3 Å².